The molecule has 0 amide bonds. The van der Waals surface area contributed by atoms with Gasteiger partial charge >= 0.3 is 0 Å². The number of rotatable bonds is 4. The lowest BCUT2D eigenvalue weighted by molar-refractivity contribution is 0.203. The molecule has 1 fully saturated rings. The predicted octanol–water partition coefficient (Wildman–Crippen LogP) is 2.78. The van der Waals surface area contributed by atoms with Crippen LogP contribution in [-0.2, 0) is 10.0 Å². The minimum atomic E-state index is -3.54. The molecular weight excluding hydrogens is 321 g/mol. The van der Waals surface area contributed by atoms with Crippen LogP contribution in [0.25, 0.3) is 0 Å². The maximum absolute atomic E-state index is 12.6. The van der Waals surface area contributed by atoms with E-state index in [-0.39, 0.29) is 22.4 Å². The van der Waals surface area contributed by atoms with Crippen molar-refractivity contribution < 1.29 is 13.5 Å². The quantitative estimate of drug-likeness (QED) is 0.918. The summed E-state index contributed by atoms with van der Waals surface area (Å²) >= 11 is 11.7. The van der Waals surface area contributed by atoms with E-state index in [1.54, 1.807) is 0 Å². The number of benzene rings is 1. The van der Waals surface area contributed by atoms with Crippen molar-refractivity contribution in [1.29, 1.82) is 0 Å². The molecule has 0 aromatic heterocycles. The maximum atomic E-state index is 12.6. The molecule has 0 spiro atoms. The average Bonchev–Trinajstić information content (AvgIpc) is 2.42. The van der Waals surface area contributed by atoms with Gasteiger partial charge in [-0.25, -0.2) is 8.42 Å². The molecule has 4 nitrogen and oxygen atoms in total. The van der Waals surface area contributed by atoms with E-state index in [4.69, 9.17) is 28.3 Å². The van der Waals surface area contributed by atoms with E-state index in [0.717, 1.165) is 12.8 Å². The van der Waals surface area contributed by atoms with Gasteiger partial charge in [-0.3, -0.25) is 0 Å². The monoisotopic (exact) mass is 337 g/mol. The van der Waals surface area contributed by atoms with Crippen molar-refractivity contribution in [2.75, 3.05) is 19.7 Å². The SMILES string of the molecule is O=S(=O)(c1ccc(Cl)c(Cl)c1)N1CCCC(CCO)C1. The Morgan fingerprint density at radius 2 is 2.05 bits per heavy atom. The first kappa shape index (κ1) is 16.0. The Labute approximate surface area is 129 Å². The van der Waals surface area contributed by atoms with Gasteiger partial charge in [-0.05, 0) is 43.4 Å². The smallest absolute Gasteiger partial charge is 0.243 e. The van der Waals surface area contributed by atoms with Gasteiger partial charge < -0.3 is 5.11 Å². The van der Waals surface area contributed by atoms with Gasteiger partial charge in [-0.1, -0.05) is 23.2 Å². The first-order valence-corrected chi connectivity index (χ1v) is 8.71. The zero-order valence-electron chi connectivity index (χ0n) is 10.9. The fourth-order valence-electron chi connectivity index (χ4n) is 2.45. The van der Waals surface area contributed by atoms with E-state index in [1.807, 2.05) is 0 Å². The van der Waals surface area contributed by atoms with Crippen molar-refractivity contribution in [3.63, 3.8) is 0 Å². The summed E-state index contributed by atoms with van der Waals surface area (Å²) in [5, 5.41) is 9.56. The minimum absolute atomic E-state index is 0.0886. The standard InChI is InChI=1S/C13H17Cl2NO3S/c14-12-4-3-11(8-13(12)15)20(18,19)16-6-1-2-10(9-16)5-7-17/h3-4,8,10,17H,1-2,5-7,9H2. The van der Waals surface area contributed by atoms with Crippen LogP contribution in [0.1, 0.15) is 19.3 Å². The summed E-state index contributed by atoms with van der Waals surface area (Å²) in [6, 6.07) is 4.35. The number of piperidine rings is 1. The van der Waals surface area contributed by atoms with Crippen molar-refractivity contribution in [3.8, 4) is 0 Å². The number of aliphatic hydroxyl groups is 1. The molecule has 1 atom stereocenters. The van der Waals surface area contributed by atoms with E-state index in [1.165, 1.54) is 22.5 Å². The highest BCUT2D eigenvalue weighted by atomic mass is 35.5. The molecule has 1 aliphatic rings. The van der Waals surface area contributed by atoms with Crippen LogP contribution in [0.5, 0.6) is 0 Å². The molecular formula is C13H17Cl2NO3S. The first-order chi connectivity index (χ1) is 9.45. The number of hydrogen-bond donors (Lipinski definition) is 1. The molecule has 1 aromatic rings. The Hall–Kier alpha value is -0.330. The normalized spacial score (nSPS) is 21.1. The summed E-state index contributed by atoms with van der Waals surface area (Å²) in [5.41, 5.74) is 0. The van der Waals surface area contributed by atoms with Gasteiger partial charge in [-0.2, -0.15) is 4.31 Å². The second kappa shape index (κ2) is 6.62. The molecule has 0 aliphatic carbocycles. The molecule has 112 valence electrons. The molecule has 1 unspecified atom stereocenters. The molecule has 0 saturated carbocycles. The van der Waals surface area contributed by atoms with Gasteiger partial charge in [0.2, 0.25) is 10.0 Å². The van der Waals surface area contributed by atoms with Crippen LogP contribution >= 0.6 is 23.2 Å². The Kier molecular flexibility index (Phi) is 5.31. The van der Waals surface area contributed by atoms with Crippen molar-refractivity contribution in [3.05, 3.63) is 28.2 Å². The van der Waals surface area contributed by atoms with Crippen molar-refractivity contribution in [1.82, 2.24) is 4.31 Å². The van der Waals surface area contributed by atoms with Gasteiger partial charge in [0.1, 0.15) is 0 Å². The zero-order chi connectivity index (χ0) is 14.8. The second-order valence-corrected chi connectivity index (χ2v) is 7.71. The molecule has 20 heavy (non-hydrogen) atoms. The summed E-state index contributed by atoms with van der Waals surface area (Å²) in [5.74, 6) is 0.214. The summed E-state index contributed by atoms with van der Waals surface area (Å²) in [6.45, 7) is 1.04. The molecule has 1 aliphatic heterocycles. The van der Waals surface area contributed by atoms with E-state index >= 15 is 0 Å². The molecule has 0 radical (unpaired) electrons. The average molecular weight is 338 g/mol. The zero-order valence-corrected chi connectivity index (χ0v) is 13.3. The third-order valence-electron chi connectivity index (χ3n) is 3.55. The summed E-state index contributed by atoms with van der Waals surface area (Å²) in [7, 11) is -3.54. The number of aliphatic hydroxyl groups excluding tert-OH is 1. The fraction of sp³-hybridized carbons (Fsp3) is 0.538. The number of hydrogen-bond acceptors (Lipinski definition) is 3. The van der Waals surface area contributed by atoms with Gasteiger partial charge in [0.05, 0.1) is 14.9 Å². The Morgan fingerprint density at radius 1 is 1.30 bits per heavy atom. The van der Waals surface area contributed by atoms with E-state index < -0.39 is 10.0 Å². The predicted molar refractivity (Wildman–Crippen MR) is 79.6 cm³/mol. The van der Waals surface area contributed by atoms with Crippen LogP contribution in [0.3, 0.4) is 0 Å². The molecule has 1 saturated heterocycles. The van der Waals surface area contributed by atoms with Gasteiger partial charge in [0.25, 0.3) is 0 Å². The highest BCUT2D eigenvalue weighted by molar-refractivity contribution is 7.89. The third-order valence-corrected chi connectivity index (χ3v) is 6.15. The molecule has 1 N–H and O–H groups in total. The van der Waals surface area contributed by atoms with Gasteiger partial charge in [0, 0.05) is 19.7 Å². The third kappa shape index (κ3) is 3.46. The molecule has 1 heterocycles. The minimum Gasteiger partial charge on any atom is -0.396 e. The van der Waals surface area contributed by atoms with Crippen LogP contribution in [0.2, 0.25) is 10.0 Å². The second-order valence-electron chi connectivity index (χ2n) is 4.96. The van der Waals surface area contributed by atoms with Crippen LogP contribution < -0.4 is 0 Å². The highest BCUT2D eigenvalue weighted by Crippen LogP contribution is 2.29. The topological polar surface area (TPSA) is 57.6 Å². The molecule has 2 rings (SSSR count). The summed E-state index contributed by atoms with van der Waals surface area (Å²) in [4.78, 5) is 0.163. The summed E-state index contributed by atoms with van der Waals surface area (Å²) in [6.07, 6.45) is 2.40. The largest absolute Gasteiger partial charge is 0.396 e. The van der Waals surface area contributed by atoms with E-state index in [2.05, 4.69) is 0 Å². The molecule has 1 aromatic carbocycles. The van der Waals surface area contributed by atoms with Crippen molar-refractivity contribution in [2.45, 2.75) is 24.2 Å². The van der Waals surface area contributed by atoms with Crippen LogP contribution in [-0.4, -0.2) is 37.5 Å². The van der Waals surface area contributed by atoms with Crippen molar-refractivity contribution in [2.24, 2.45) is 5.92 Å². The Morgan fingerprint density at radius 3 is 2.70 bits per heavy atom. The lowest BCUT2D eigenvalue weighted by Gasteiger charge is -2.31. The number of halogens is 2. The Bertz CT molecular complexity index is 575. The maximum Gasteiger partial charge on any atom is 0.243 e. The van der Waals surface area contributed by atoms with E-state index in [9.17, 15) is 8.42 Å². The van der Waals surface area contributed by atoms with Gasteiger partial charge in [-0.15, -0.1) is 0 Å². The first-order valence-electron chi connectivity index (χ1n) is 6.51. The molecule has 7 heteroatoms. The van der Waals surface area contributed by atoms with Crippen LogP contribution in [0.15, 0.2) is 23.1 Å². The highest BCUT2D eigenvalue weighted by Gasteiger charge is 2.30. The number of sulfonamides is 1. The van der Waals surface area contributed by atoms with Crippen LogP contribution in [0, 0.1) is 5.92 Å². The lowest BCUT2D eigenvalue weighted by atomic mass is 9.97. The fourth-order valence-corrected chi connectivity index (χ4v) is 4.39. The molecule has 0 bridgehead atoms. The van der Waals surface area contributed by atoms with Crippen molar-refractivity contribution >= 4 is 33.2 Å². The van der Waals surface area contributed by atoms with E-state index in [0.29, 0.717) is 24.5 Å². The lowest BCUT2D eigenvalue weighted by Crippen LogP contribution is -2.40. The van der Waals surface area contributed by atoms with Gasteiger partial charge in [0.15, 0.2) is 0 Å². The number of nitrogens with zero attached hydrogens (tertiary/aromatic N) is 1. The Balaban J connectivity index is 2.23. The summed E-state index contributed by atoms with van der Waals surface area (Å²) < 4.78 is 26.6. The van der Waals surface area contributed by atoms with Crippen LogP contribution in [0.4, 0.5) is 0 Å².